The number of nitriles is 1. The van der Waals surface area contributed by atoms with Crippen molar-refractivity contribution in [1.29, 1.82) is 5.26 Å². The molecule has 1 aromatic carbocycles. The van der Waals surface area contributed by atoms with Gasteiger partial charge in [-0.25, -0.2) is 0 Å². The predicted molar refractivity (Wildman–Crippen MR) is 68.4 cm³/mol. The van der Waals surface area contributed by atoms with Gasteiger partial charge in [-0.15, -0.1) is 0 Å². The van der Waals surface area contributed by atoms with Gasteiger partial charge in [-0.2, -0.15) is 5.26 Å². The van der Waals surface area contributed by atoms with Crippen molar-refractivity contribution in [1.82, 2.24) is 9.80 Å². The summed E-state index contributed by atoms with van der Waals surface area (Å²) in [6, 6.07) is 12.8. The molecule has 1 aliphatic rings. The van der Waals surface area contributed by atoms with Crippen LogP contribution in [0.3, 0.4) is 0 Å². The molecule has 0 bridgehead atoms. The normalized spacial score (nSPS) is 17.8. The molecule has 0 radical (unpaired) electrons. The second kappa shape index (κ2) is 6.39. The average molecular weight is 229 g/mol. The smallest absolute Gasteiger partial charge is 0.0635 e. The first-order chi connectivity index (χ1) is 8.38. The lowest BCUT2D eigenvalue weighted by atomic mass is 10.2. The molecule has 2 rings (SSSR count). The van der Waals surface area contributed by atoms with Gasteiger partial charge in [-0.3, -0.25) is 9.80 Å². The summed E-state index contributed by atoms with van der Waals surface area (Å²) < 4.78 is 0. The topological polar surface area (TPSA) is 30.3 Å². The second-order valence-electron chi connectivity index (χ2n) is 4.51. The van der Waals surface area contributed by atoms with E-state index in [2.05, 4.69) is 46.2 Å². The molecule has 1 heterocycles. The molecule has 1 aromatic rings. The van der Waals surface area contributed by atoms with Gasteiger partial charge in [0, 0.05) is 45.7 Å². The molecule has 0 unspecified atom stereocenters. The maximum Gasteiger partial charge on any atom is 0.0635 e. The third-order valence-electron chi connectivity index (χ3n) is 3.25. The van der Waals surface area contributed by atoms with Gasteiger partial charge >= 0.3 is 0 Å². The standard InChI is InChI=1S/C14H19N3/c15-7-4-8-16-9-11-17(12-10-16)13-14-5-2-1-3-6-14/h1-3,5-6H,4,8-13H2. The van der Waals surface area contributed by atoms with Crippen molar-refractivity contribution in [2.75, 3.05) is 32.7 Å². The van der Waals surface area contributed by atoms with Crippen LogP contribution in [0.1, 0.15) is 12.0 Å². The van der Waals surface area contributed by atoms with Crippen molar-refractivity contribution < 1.29 is 0 Å². The number of hydrogen-bond donors (Lipinski definition) is 0. The minimum absolute atomic E-state index is 0.651. The van der Waals surface area contributed by atoms with Gasteiger partial charge in [0.2, 0.25) is 0 Å². The Labute approximate surface area is 103 Å². The van der Waals surface area contributed by atoms with Crippen LogP contribution in [0.15, 0.2) is 30.3 Å². The predicted octanol–water partition coefficient (Wildman–Crippen LogP) is 1.72. The molecule has 0 amide bonds. The number of rotatable bonds is 4. The summed E-state index contributed by atoms with van der Waals surface area (Å²) in [4.78, 5) is 4.86. The number of piperazine rings is 1. The molecule has 1 saturated heterocycles. The van der Waals surface area contributed by atoms with Crippen molar-refractivity contribution in [2.24, 2.45) is 0 Å². The molecule has 3 heteroatoms. The summed E-state index contributed by atoms with van der Waals surface area (Å²) in [5.41, 5.74) is 1.39. The lowest BCUT2D eigenvalue weighted by Gasteiger charge is -2.34. The van der Waals surface area contributed by atoms with Crippen LogP contribution in [-0.4, -0.2) is 42.5 Å². The van der Waals surface area contributed by atoms with E-state index in [9.17, 15) is 0 Å². The Balaban J connectivity index is 1.74. The van der Waals surface area contributed by atoms with Gasteiger partial charge in [0.1, 0.15) is 0 Å². The van der Waals surface area contributed by atoms with Crippen LogP contribution in [0.4, 0.5) is 0 Å². The van der Waals surface area contributed by atoms with Gasteiger partial charge in [0.25, 0.3) is 0 Å². The monoisotopic (exact) mass is 229 g/mol. The van der Waals surface area contributed by atoms with Crippen LogP contribution in [0, 0.1) is 11.3 Å². The van der Waals surface area contributed by atoms with E-state index >= 15 is 0 Å². The fraction of sp³-hybridized carbons (Fsp3) is 0.500. The Morgan fingerprint density at radius 2 is 1.65 bits per heavy atom. The Bertz CT molecular complexity index is 361. The molecule has 0 N–H and O–H groups in total. The lowest BCUT2D eigenvalue weighted by molar-refractivity contribution is 0.129. The van der Waals surface area contributed by atoms with E-state index in [1.54, 1.807) is 0 Å². The fourth-order valence-corrected chi connectivity index (χ4v) is 2.22. The summed E-state index contributed by atoms with van der Waals surface area (Å²) in [5, 5.41) is 8.56. The largest absolute Gasteiger partial charge is 0.300 e. The third-order valence-corrected chi connectivity index (χ3v) is 3.25. The van der Waals surface area contributed by atoms with Gasteiger partial charge < -0.3 is 0 Å². The maximum atomic E-state index is 8.56. The quantitative estimate of drug-likeness (QED) is 0.787. The fourth-order valence-electron chi connectivity index (χ4n) is 2.22. The summed E-state index contributed by atoms with van der Waals surface area (Å²) in [7, 11) is 0. The lowest BCUT2D eigenvalue weighted by Crippen LogP contribution is -2.46. The van der Waals surface area contributed by atoms with Gasteiger partial charge in [0.05, 0.1) is 6.07 Å². The van der Waals surface area contributed by atoms with Crippen molar-refractivity contribution in [3.63, 3.8) is 0 Å². The zero-order chi connectivity index (χ0) is 11.9. The van der Waals surface area contributed by atoms with Gasteiger partial charge in [0.15, 0.2) is 0 Å². The number of benzene rings is 1. The third kappa shape index (κ3) is 3.85. The van der Waals surface area contributed by atoms with Crippen LogP contribution < -0.4 is 0 Å². The second-order valence-corrected chi connectivity index (χ2v) is 4.51. The first kappa shape index (κ1) is 12.1. The molecule has 0 aliphatic carbocycles. The van der Waals surface area contributed by atoms with Crippen molar-refractivity contribution in [3.05, 3.63) is 35.9 Å². The van der Waals surface area contributed by atoms with Crippen LogP contribution >= 0.6 is 0 Å². The van der Waals surface area contributed by atoms with Gasteiger partial charge in [-0.05, 0) is 5.56 Å². The Hall–Kier alpha value is -1.37. The Morgan fingerprint density at radius 1 is 1.00 bits per heavy atom. The highest BCUT2D eigenvalue weighted by atomic mass is 15.3. The number of nitrogens with zero attached hydrogens (tertiary/aromatic N) is 3. The molecule has 1 aliphatic heterocycles. The van der Waals surface area contributed by atoms with Crippen LogP contribution in [0.5, 0.6) is 0 Å². The van der Waals surface area contributed by atoms with E-state index in [1.165, 1.54) is 5.56 Å². The van der Waals surface area contributed by atoms with Gasteiger partial charge in [-0.1, -0.05) is 30.3 Å². The molecule has 0 aromatic heterocycles. The molecule has 0 spiro atoms. The highest BCUT2D eigenvalue weighted by Crippen LogP contribution is 2.08. The maximum absolute atomic E-state index is 8.56. The van der Waals surface area contributed by atoms with Crippen LogP contribution in [-0.2, 0) is 6.54 Å². The molecule has 1 fully saturated rings. The van der Waals surface area contributed by atoms with E-state index < -0.39 is 0 Å². The zero-order valence-electron chi connectivity index (χ0n) is 10.2. The summed E-state index contributed by atoms with van der Waals surface area (Å²) in [6.45, 7) is 6.38. The van der Waals surface area contributed by atoms with E-state index in [1.807, 2.05) is 0 Å². The molecule has 0 saturated carbocycles. The summed E-state index contributed by atoms with van der Waals surface area (Å²) in [5.74, 6) is 0. The molecule has 3 nitrogen and oxygen atoms in total. The summed E-state index contributed by atoms with van der Waals surface area (Å²) in [6.07, 6.45) is 0.651. The number of hydrogen-bond acceptors (Lipinski definition) is 3. The molecular weight excluding hydrogens is 210 g/mol. The van der Waals surface area contributed by atoms with Crippen LogP contribution in [0.2, 0.25) is 0 Å². The van der Waals surface area contributed by atoms with E-state index in [4.69, 9.17) is 5.26 Å². The Morgan fingerprint density at radius 3 is 2.29 bits per heavy atom. The van der Waals surface area contributed by atoms with Crippen LogP contribution in [0.25, 0.3) is 0 Å². The molecule has 17 heavy (non-hydrogen) atoms. The van der Waals surface area contributed by atoms with Crippen molar-refractivity contribution in [3.8, 4) is 6.07 Å². The molecule has 90 valence electrons. The first-order valence-electron chi connectivity index (χ1n) is 6.24. The SMILES string of the molecule is N#CCCN1CCN(Cc2ccccc2)CC1. The summed E-state index contributed by atoms with van der Waals surface area (Å²) >= 11 is 0. The highest BCUT2D eigenvalue weighted by molar-refractivity contribution is 5.14. The van der Waals surface area contributed by atoms with E-state index in [0.717, 1.165) is 39.3 Å². The minimum atomic E-state index is 0.651. The highest BCUT2D eigenvalue weighted by Gasteiger charge is 2.16. The zero-order valence-corrected chi connectivity index (χ0v) is 10.2. The Kier molecular flexibility index (Phi) is 4.54. The molecular formula is C14H19N3. The van der Waals surface area contributed by atoms with E-state index in [-0.39, 0.29) is 0 Å². The van der Waals surface area contributed by atoms with Crippen molar-refractivity contribution in [2.45, 2.75) is 13.0 Å². The molecule has 0 atom stereocenters. The van der Waals surface area contributed by atoms with Crippen molar-refractivity contribution >= 4 is 0 Å². The minimum Gasteiger partial charge on any atom is -0.300 e. The first-order valence-corrected chi connectivity index (χ1v) is 6.24. The van der Waals surface area contributed by atoms with E-state index in [0.29, 0.717) is 6.42 Å². The average Bonchev–Trinajstić information content (AvgIpc) is 2.39.